The monoisotopic (exact) mass is 395 g/mol. The van der Waals surface area contributed by atoms with Gasteiger partial charge in [-0.25, -0.2) is 0 Å². The van der Waals surface area contributed by atoms with E-state index in [0.717, 1.165) is 73.8 Å². The van der Waals surface area contributed by atoms with Crippen LogP contribution in [0.2, 0.25) is 0 Å². The molecule has 1 saturated heterocycles. The number of carbonyl (C=O) groups is 1. The predicted molar refractivity (Wildman–Crippen MR) is 116 cm³/mol. The average Bonchev–Trinajstić information content (AvgIpc) is 3.52. The summed E-state index contributed by atoms with van der Waals surface area (Å²) in [6, 6.07) is 10.4. The van der Waals surface area contributed by atoms with Crippen molar-refractivity contribution in [1.82, 2.24) is 10.1 Å². The molecular weight excluding hydrogens is 362 g/mol. The van der Waals surface area contributed by atoms with E-state index < -0.39 is 0 Å². The van der Waals surface area contributed by atoms with Crippen molar-refractivity contribution in [2.24, 2.45) is 11.8 Å². The first-order chi connectivity index (χ1) is 14.1. The lowest BCUT2D eigenvalue weighted by Crippen LogP contribution is -2.39. The Bertz CT molecular complexity index is 820. The summed E-state index contributed by atoms with van der Waals surface area (Å²) in [5, 5.41) is 4.48. The number of carbonyl (C=O) groups excluding carboxylic acids is 1. The standard InChI is InChI=1S/C24H33N3O2/c1-4-18(3)27(23(28)20-10-11-20)16-21-22(19-8-6-5-7-9-19)25-29-24(21)26-14-12-17(2)13-15-26/h5-9,17-18,20H,4,10-16H2,1-3H3/t18-/m0/s1. The maximum absolute atomic E-state index is 13.1. The summed E-state index contributed by atoms with van der Waals surface area (Å²) < 4.78 is 5.93. The highest BCUT2D eigenvalue weighted by Crippen LogP contribution is 2.37. The Morgan fingerprint density at radius 3 is 2.52 bits per heavy atom. The first-order valence-corrected chi connectivity index (χ1v) is 11.2. The molecule has 2 aliphatic rings. The van der Waals surface area contributed by atoms with Gasteiger partial charge >= 0.3 is 0 Å². The molecular formula is C24H33N3O2. The van der Waals surface area contributed by atoms with Gasteiger partial charge in [-0.05, 0) is 44.9 Å². The van der Waals surface area contributed by atoms with Crippen molar-refractivity contribution in [3.8, 4) is 11.3 Å². The van der Waals surface area contributed by atoms with Gasteiger partial charge in [0.15, 0.2) is 0 Å². The molecule has 5 nitrogen and oxygen atoms in total. The van der Waals surface area contributed by atoms with Crippen LogP contribution in [0.5, 0.6) is 0 Å². The largest absolute Gasteiger partial charge is 0.340 e. The molecule has 1 aliphatic carbocycles. The fourth-order valence-corrected chi connectivity index (χ4v) is 4.13. The van der Waals surface area contributed by atoms with Crippen molar-refractivity contribution < 1.29 is 9.32 Å². The van der Waals surface area contributed by atoms with E-state index in [9.17, 15) is 4.79 Å². The number of amides is 1. The molecule has 1 amide bonds. The summed E-state index contributed by atoms with van der Waals surface area (Å²) in [5.74, 6) is 2.10. The van der Waals surface area contributed by atoms with Gasteiger partial charge in [0, 0.05) is 30.6 Å². The summed E-state index contributed by atoms with van der Waals surface area (Å²) in [5.41, 5.74) is 2.97. The Hall–Kier alpha value is -2.30. The number of hydrogen-bond donors (Lipinski definition) is 0. The first kappa shape index (κ1) is 20.0. The van der Waals surface area contributed by atoms with Crippen LogP contribution in [0.4, 0.5) is 5.88 Å². The molecule has 1 aromatic heterocycles. The van der Waals surface area contributed by atoms with E-state index in [-0.39, 0.29) is 17.9 Å². The Kier molecular flexibility index (Phi) is 5.93. The molecule has 0 bridgehead atoms. The lowest BCUT2D eigenvalue weighted by atomic mass is 9.98. The second-order valence-corrected chi connectivity index (χ2v) is 8.85. The Morgan fingerprint density at radius 2 is 1.90 bits per heavy atom. The highest BCUT2D eigenvalue weighted by molar-refractivity contribution is 5.82. The van der Waals surface area contributed by atoms with Gasteiger partial charge in [-0.2, -0.15) is 0 Å². The van der Waals surface area contributed by atoms with Crippen molar-refractivity contribution in [3.63, 3.8) is 0 Å². The molecule has 0 N–H and O–H groups in total. The minimum absolute atomic E-state index is 0.204. The topological polar surface area (TPSA) is 49.6 Å². The number of nitrogens with zero attached hydrogens (tertiary/aromatic N) is 3. The summed E-state index contributed by atoms with van der Waals surface area (Å²) in [7, 11) is 0. The number of rotatable bonds is 7. The second kappa shape index (κ2) is 8.60. The third kappa shape index (κ3) is 4.34. The van der Waals surface area contributed by atoms with E-state index in [1.807, 2.05) is 18.2 Å². The molecule has 0 radical (unpaired) electrons. The molecule has 2 fully saturated rings. The lowest BCUT2D eigenvalue weighted by Gasteiger charge is -2.32. The SMILES string of the molecule is CC[C@H](C)N(Cc1c(-c2ccccc2)noc1N1CCC(C)CC1)C(=O)C1CC1. The van der Waals surface area contributed by atoms with Crippen molar-refractivity contribution in [1.29, 1.82) is 0 Å². The number of hydrogen-bond acceptors (Lipinski definition) is 4. The highest BCUT2D eigenvalue weighted by Gasteiger charge is 2.36. The van der Waals surface area contributed by atoms with Gasteiger partial charge in [0.25, 0.3) is 0 Å². The van der Waals surface area contributed by atoms with E-state index in [0.29, 0.717) is 6.54 Å². The predicted octanol–water partition coefficient (Wildman–Crippen LogP) is 5.12. The van der Waals surface area contributed by atoms with Crippen LogP contribution in [0.25, 0.3) is 11.3 Å². The van der Waals surface area contributed by atoms with E-state index in [4.69, 9.17) is 4.52 Å². The van der Waals surface area contributed by atoms with Crippen molar-refractivity contribution in [2.75, 3.05) is 18.0 Å². The van der Waals surface area contributed by atoms with Crippen LogP contribution in [-0.4, -0.2) is 35.1 Å². The molecule has 156 valence electrons. The van der Waals surface area contributed by atoms with E-state index >= 15 is 0 Å². The average molecular weight is 396 g/mol. The maximum atomic E-state index is 13.1. The van der Waals surface area contributed by atoms with Gasteiger partial charge in [0.1, 0.15) is 5.69 Å². The van der Waals surface area contributed by atoms with Crippen LogP contribution < -0.4 is 4.90 Å². The van der Waals surface area contributed by atoms with Gasteiger partial charge in [-0.3, -0.25) is 4.79 Å². The zero-order chi connectivity index (χ0) is 20.4. The molecule has 1 aliphatic heterocycles. The molecule has 2 aromatic rings. The lowest BCUT2D eigenvalue weighted by molar-refractivity contribution is -0.135. The van der Waals surface area contributed by atoms with E-state index in [1.54, 1.807) is 0 Å². The van der Waals surface area contributed by atoms with E-state index in [1.165, 1.54) is 0 Å². The quantitative estimate of drug-likeness (QED) is 0.653. The molecule has 2 heterocycles. The number of aromatic nitrogens is 1. The van der Waals surface area contributed by atoms with Gasteiger partial charge < -0.3 is 14.3 Å². The summed E-state index contributed by atoms with van der Waals surface area (Å²) >= 11 is 0. The van der Waals surface area contributed by atoms with Crippen molar-refractivity contribution in [3.05, 3.63) is 35.9 Å². The molecule has 1 saturated carbocycles. The van der Waals surface area contributed by atoms with Crippen LogP contribution in [0.1, 0.15) is 58.4 Å². The van der Waals surface area contributed by atoms with E-state index in [2.05, 4.69) is 47.9 Å². The Labute approximate surface area is 174 Å². The van der Waals surface area contributed by atoms with Crippen LogP contribution >= 0.6 is 0 Å². The third-order valence-corrected chi connectivity index (χ3v) is 6.55. The highest BCUT2D eigenvalue weighted by atomic mass is 16.5. The Balaban J connectivity index is 1.70. The molecule has 29 heavy (non-hydrogen) atoms. The zero-order valence-electron chi connectivity index (χ0n) is 17.9. The van der Waals surface area contributed by atoms with Crippen LogP contribution in [0, 0.1) is 11.8 Å². The Morgan fingerprint density at radius 1 is 1.21 bits per heavy atom. The van der Waals surface area contributed by atoms with Gasteiger partial charge in [-0.1, -0.05) is 49.3 Å². The van der Waals surface area contributed by atoms with Crippen molar-refractivity contribution in [2.45, 2.75) is 65.5 Å². The minimum Gasteiger partial charge on any atom is -0.340 e. The van der Waals surface area contributed by atoms with Gasteiger partial charge in [-0.15, -0.1) is 0 Å². The van der Waals surface area contributed by atoms with Gasteiger partial charge in [0.2, 0.25) is 11.8 Å². The zero-order valence-corrected chi connectivity index (χ0v) is 17.9. The summed E-state index contributed by atoms with van der Waals surface area (Å²) in [4.78, 5) is 17.5. The summed E-state index contributed by atoms with van der Waals surface area (Å²) in [6.45, 7) is 9.15. The number of anilines is 1. The first-order valence-electron chi connectivity index (χ1n) is 11.2. The third-order valence-electron chi connectivity index (χ3n) is 6.55. The molecule has 4 rings (SSSR count). The molecule has 0 spiro atoms. The molecule has 1 atom stereocenters. The van der Waals surface area contributed by atoms with Gasteiger partial charge in [0.05, 0.1) is 12.1 Å². The molecule has 0 unspecified atom stereocenters. The fourth-order valence-electron chi connectivity index (χ4n) is 4.13. The normalized spacial score (nSPS) is 18.7. The summed E-state index contributed by atoms with van der Waals surface area (Å²) in [6.07, 6.45) is 5.32. The second-order valence-electron chi connectivity index (χ2n) is 8.85. The minimum atomic E-state index is 0.204. The smallest absolute Gasteiger partial charge is 0.232 e. The fraction of sp³-hybridized carbons (Fsp3) is 0.583. The van der Waals surface area contributed by atoms with Crippen LogP contribution in [-0.2, 0) is 11.3 Å². The number of benzene rings is 1. The maximum Gasteiger partial charge on any atom is 0.232 e. The van der Waals surface area contributed by atoms with Crippen molar-refractivity contribution >= 4 is 11.8 Å². The molecule has 5 heteroatoms. The molecule has 1 aromatic carbocycles. The van der Waals surface area contributed by atoms with Crippen LogP contribution in [0.15, 0.2) is 34.9 Å². The van der Waals surface area contributed by atoms with Crippen LogP contribution in [0.3, 0.4) is 0 Å². The number of piperidine rings is 1.